The molecule has 3 nitrogen and oxygen atoms in total. The molecule has 2 rings (SSSR count). The lowest BCUT2D eigenvalue weighted by Crippen LogP contribution is -2.38. The average Bonchev–Trinajstić information content (AvgIpc) is 2.23. The first-order valence-corrected chi connectivity index (χ1v) is 6.18. The van der Waals surface area contributed by atoms with Gasteiger partial charge in [-0.15, -0.1) is 0 Å². The van der Waals surface area contributed by atoms with E-state index in [1.807, 2.05) is 17.3 Å². The lowest BCUT2D eigenvalue weighted by atomic mass is 9.98. The Labute approximate surface area is 103 Å². The average molecular weight is 291 g/mol. The van der Waals surface area contributed by atoms with Gasteiger partial charge in [0.1, 0.15) is 5.15 Å². The number of pyridine rings is 1. The van der Waals surface area contributed by atoms with Gasteiger partial charge in [0, 0.05) is 12.7 Å². The Morgan fingerprint density at radius 1 is 1.53 bits per heavy atom. The summed E-state index contributed by atoms with van der Waals surface area (Å²) in [5.41, 5.74) is 1.13. The number of piperidine rings is 1. The predicted molar refractivity (Wildman–Crippen MR) is 64.4 cm³/mol. The highest BCUT2D eigenvalue weighted by Crippen LogP contribution is 2.31. The van der Waals surface area contributed by atoms with Crippen molar-refractivity contribution in [2.45, 2.75) is 25.3 Å². The summed E-state index contributed by atoms with van der Waals surface area (Å²) in [4.78, 5) is 4.12. The molecule has 0 unspecified atom stereocenters. The maximum absolute atomic E-state index is 5.96. The number of aromatic nitrogens is 1. The standard InChI is InChI=1S/C10H13BrClN3/c11-8-5-7(6-14-10(8)12)9-3-1-2-4-15(9)13/h5-6,9H,1-4,13H2/t9-/m1/s1. The molecule has 0 amide bonds. The third kappa shape index (κ3) is 2.50. The highest BCUT2D eigenvalue weighted by Gasteiger charge is 2.21. The van der Waals surface area contributed by atoms with Crippen LogP contribution in [0.3, 0.4) is 0 Å². The molecular formula is C10H13BrClN3. The van der Waals surface area contributed by atoms with E-state index in [0.29, 0.717) is 5.15 Å². The van der Waals surface area contributed by atoms with E-state index in [9.17, 15) is 0 Å². The summed E-state index contributed by atoms with van der Waals surface area (Å²) in [6, 6.07) is 2.28. The third-order valence-electron chi connectivity index (χ3n) is 2.75. The van der Waals surface area contributed by atoms with Gasteiger partial charge in [0.05, 0.1) is 10.5 Å². The van der Waals surface area contributed by atoms with Crippen molar-refractivity contribution >= 4 is 27.5 Å². The van der Waals surface area contributed by atoms with Crippen LogP contribution >= 0.6 is 27.5 Å². The molecule has 2 N–H and O–H groups in total. The molecule has 1 aromatic heterocycles. The second-order valence-electron chi connectivity index (χ2n) is 3.79. The molecule has 1 aliphatic rings. The summed E-state index contributed by atoms with van der Waals surface area (Å²) in [5, 5.41) is 2.39. The largest absolute Gasteiger partial charge is 0.268 e. The molecule has 2 heterocycles. The van der Waals surface area contributed by atoms with Gasteiger partial charge in [0.15, 0.2) is 0 Å². The van der Waals surface area contributed by atoms with Crippen molar-refractivity contribution in [3.63, 3.8) is 0 Å². The molecule has 1 atom stereocenters. The monoisotopic (exact) mass is 289 g/mol. The molecule has 0 bridgehead atoms. The van der Waals surface area contributed by atoms with E-state index in [4.69, 9.17) is 17.4 Å². The maximum Gasteiger partial charge on any atom is 0.143 e. The quantitative estimate of drug-likeness (QED) is 0.639. The molecule has 0 saturated carbocycles. The van der Waals surface area contributed by atoms with Crippen LogP contribution in [0.1, 0.15) is 30.9 Å². The Hall–Kier alpha value is -0.160. The fourth-order valence-corrected chi connectivity index (χ4v) is 2.40. The zero-order chi connectivity index (χ0) is 10.8. The lowest BCUT2D eigenvalue weighted by molar-refractivity contribution is 0.151. The molecule has 0 aliphatic carbocycles. The van der Waals surface area contributed by atoms with Crippen LogP contribution in [-0.4, -0.2) is 16.5 Å². The summed E-state index contributed by atoms with van der Waals surface area (Å²) in [6.45, 7) is 0.949. The first-order valence-electron chi connectivity index (χ1n) is 5.01. The van der Waals surface area contributed by atoms with Crippen molar-refractivity contribution in [1.82, 2.24) is 9.99 Å². The Balaban J connectivity index is 2.24. The van der Waals surface area contributed by atoms with Crippen LogP contribution in [-0.2, 0) is 0 Å². The Morgan fingerprint density at radius 2 is 2.33 bits per heavy atom. The van der Waals surface area contributed by atoms with E-state index in [-0.39, 0.29) is 6.04 Å². The summed E-state index contributed by atoms with van der Waals surface area (Å²) in [5.74, 6) is 5.96. The number of nitrogens with zero attached hydrogens (tertiary/aromatic N) is 2. The van der Waals surface area contributed by atoms with Gasteiger partial charge < -0.3 is 0 Å². The van der Waals surface area contributed by atoms with Crippen molar-refractivity contribution in [2.24, 2.45) is 5.84 Å². The van der Waals surface area contributed by atoms with E-state index in [0.717, 1.165) is 23.0 Å². The first-order chi connectivity index (χ1) is 7.18. The minimum atomic E-state index is 0.278. The number of hydrogen-bond acceptors (Lipinski definition) is 3. The maximum atomic E-state index is 5.96. The second-order valence-corrected chi connectivity index (χ2v) is 5.00. The number of nitrogens with two attached hydrogens (primary N) is 1. The van der Waals surface area contributed by atoms with Crippen LogP contribution < -0.4 is 5.84 Å². The Morgan fingerprint density at radius 3 is 3.00 bits per heavy atom. The predicted octanol–water partition coefficient (Wildman–Crippen LogP) is 2.90. The van der Waals surface area contributed by atoms with Gasteiger partial charge in [-0.1, -0.05) is 18.0 Å². The van der Waals surface area contributed by atoms with Crippen LogP contribution in [0.4, 0.5) is 0 Å². The zero-order valence-corrected chi connectivity index (χ0v) is 10.6. The Kier molecular flexibility index (Phi) is 3.61. The van der Waals surface area contributed by atoms with E-state index in [2.05, 4.69) is 20.9 Å². The lowest BCUT2D eigenvalue weighted by Gasteiger charge is -2.32. The summed E-state index contributed by atoms with van der Waals surface area (Å²) in [6.07, 6.45) is 5.29. The fourth-order valence-electron chi connectivity index (χ4n) is 1.93. The van der Waals surface area contributed by atoms with Gasteiger partial charge in [-0.25, -0.2) is 9.99 Å². The van der Waals surface area contributed by atoms with Gasteiger partial charge in [-0.05, 0) is 40.4 Å². The zero-order valence-electron chi connectivity index (χ0n) is 8.29. The third-order valence-corrected chi connectivity index (χ3v) is 3.88. The van der Waals surface area contributed by atoms with E-state index in [1.54, 1.807) is 0 Å². The highest BCUT2D eigenvalue weighted by molar-refractivity contribution is 9.10. The van der Waals surface area contributed by atoms with Gasteiger partial charge >= 0.3 is 0 Å². The van der Waals surface area contributed by atoms with Crippen LogP contribution in [0.25, 0.3) is 0 Å². The fraction of sp³-hybridized carbons (Fsp3) is 0.500. The van der Waals surface area contributed by atoms with Gasteiger partial charge in [0.25, 0.3) is 0 Å². The summed E-state index contributed by atoms with van der Waals surface area (Å²) in [7, 11) is 0. The second kappa shape index (κ2) is 4.78. The van der Waals surface area contributed by atoms with Crippen LogP contribution in [0.2, 0.25) is 5.15 Å². The molecule has 1 aromatic rings. The van der Waals surface area contributed by atoms with Crippen LogP contribution in [0.5, 0.6) is 0 Å². The molecule has 82 valence electrons. The van der Waals surface area contributed by atoms with E-state index < -0.39 is 0 Å². The number of hydrogen-bond donors (Lipinski definition) is 1. The van der Waals surface area contributed by atoms with Crippen molar-refractivity contribution < 1.29 is 0 Å². The minimum Gasteiger partial charge on any atom is -0.268 e. The molecule has 1 aliphatic heterocycles. The van der Waals surface area contributed by atoms with E-state index in [1.165, 1.54) is 12.8 Å². The van der Waals surface area contributed by atoms with Crippen molar-refractivity contribution in [2.75, 3.05) is 6.54 Å². The SMILES string of the molecule is NN1CCCC[C@@H]1c1cnc(Cl)c(Br)c1. The van der Waals surface area contributed by atoms with Gasteiger partial charge in [-0.3, -0.25) is 5.84 Å². The summed E-state index contributed by atoms with van der Waals surface area (Å²) >= 11 is 9.23. The molecular weight excluding hydrogens is 277 g/mol. The molecule has 1 saturated heterocycles. The first kappa shape index (κ1) is 11.3. The molecule has 15 heavy (non-hydrogen) atoms. The van der Waals surface area contributed by atoms with Crippen LogP contribution in [0, 0.1) is 0 Å². The van der Waals surface area contributed by atoms with Crippen molar-refractivity contribution in [3.05, 3.63) is 27.5 Å². The van der Waals surface area contributed by atoms with Gasteiger partial charge in [-0.2, -0.15) is 0 Å². The summed E-state index contributed by atoms with van der Waals surface area (Å²) < 4.78 is 0.834. The normalized spacial score (nSPS) is 23.0. The topological polar surface area (TPSA) is 42.1 Å². The van der Waals surface area contributed by atoms with Crippen LogP contribution in [0.15, 0.2) is 16.7 Å². The minimum absolute atomic E-state index is 0.278. The highest BCUT2D eigenvalue weighted by atomic mass is 79.9. The van der Waals surface area contributed by atoms with Gasteiger partial charge in [0.2, 0.25) is 0 Å². The number of rotatable bonds is 1. The number of halogens is 2. The Bertz CT molecular complexity index is 359. The molecule has 0 spiro atoms. The van der Waals surface area contributed by atoms with Crippen molar-refractivity contribution in [3.8, 4) is 0 Å². The molecule has 1 fully saturated rings. The smallest absolute Gasteiger partial charge is 0.143 e. The molecule has 5 heteroatoms. The van der Waals surface area contributed by atoms with Crippen molar-refractivity contribution in [1.29, 1.82) is 0 Å². The molecule has 0 radical (unpaired) electrons. The number of hydrazine groups is 1. The molecule has 0 aromatic carbocycles. The van der Waals surface area contributed by atoms with E-state index >= 15 is 0 Å².